The number of nitrogens with one attached hydrogen (secondary N) is 1. The predicted octanol–water partition coefficient (Wildman–Crippen LogP) is 4.10. The van der Waals surface area contributed by atoms with Gasteiger partial charge in [-0.25, -0.2) is 0 Å². The highest BCUT2D eigenvalue weighted by molar-refractivity contribution is 6.36. The maximum absolute atomic E-state index is 11.9. The number of hydrogen-bond acceptors (Lipinski definition) is 4. The first-order valence-electron chi connectivity index (χ1n) is 5.42. The molecule has 1 aromatic carbocycles. The monoisotopic (exact) mass is 296 g/mol. The summed E-state index contributed by atoms with van der Waals surface area (Å²) in [6.07, 6.45) is 2.80. The number of anilines is 1. The molecule has 2 aromatic rings. The summed E-state index contributed by atoms with van der Waals surface area (Å²) in [6, 6.07) is 6.44. The number of benzene rings is 1. The quantitative estimate of drug-likeness (QED) is 0.682. The molecule has 0 saturated carbocycles. The van der Waals surface area contributed by atoms with E-state index in [4.69, 9.17) is 27.7 Å². The van der Waals surface area contributed by atoms with Gasteiger partial charge in [0.25, 0.3) is 0 Å². The molecule has 0 bridgehead atoms. The summed E-state index contributed by atoms with van der Waals surface area (Å²) in [7, 11) is 0. The molecule has 0 atom stereocenters. The number of aromatic nitrogens is 1. The lowest BCUT2D eigenvalue weighted by molar-refractivity contribution is 0.104. The van der Waals surface area contributed by atoms with Gasteiger partial charge in [-0.15, -0.1) is 0 Å². The van der Waals surface area contributed by atoms with E-state index >= 15 is 0 Å². The topological polar surface area (TPSA) is 55.1 Å². The summed E-state index contributed by atoms with van der Waals surface area (Å²) in [6.45, 7) is 1.80. The molecule has 0 radical (unpaired) electrons. The van der Waals surface area contributed by atoms with Gasteiger partial charge < -0.3 is 9.84 Å². The van der Waals surface area contributed by atoms with E-state index < -0.39 is 0 Å². The molecule has 0 fully saturated rings. The molecular formula is C13H10Cl2N2O2. The van der Waals surface area contributed by atoms with Crippen molar-refractivity contribution in [2.24, 2.45) is 0 Å². The molecule has 1 N–H and O–H groups in total. The number of carbonyl (C=O) groups is 1. The number of hydrogen-bond donors (Lipinski definition) is 1. The maximum Gasteiger partial charge on any atom is 0.228 e. The van der Waals surface area contributed by atoms with Crippen LogP contribution in [0.15, 0.2) is 41.1 Å². The molecule has 0 aliphatic carbocycles. The molecule has 6 heteroatoms. The van der Waals surface area contributed by atoms with Crippen molar-refractivity contribution in [2.45, 2.75) is 6.92 Å². The summed E-state index contributed by atoms with van der Waals surface area (Å²) in [5.41, 5.74) is 1.10. The van der Waals surface area contributed by atoms with Crippen LogP contribution in [-0.4, -0.2) is 10.9 Å². The molecule has 98 valence electrons. The van der Waals surface area contributed by atoms with E-state index in [0.717, 1.165) is 5.69 Å². The Morgan fingerprint density at radius 3 is 2.84 bits per heavy atom. The SMILES string of the molecule is Cc1cc(NC=CC(=O)c2cc(Cl)ccc2Cl)on1. The van der Waals surface area contributed by atoms with Gasteiger partial charge in [0.1, 0.15) is 0 Å². The first kappa shape index (κ1) is 13.6. The Morgan fingerprint density at radius 2 is 2.16 bits per heavy atom. The highest BCUT2D eigenvalue weighted by Gasteiger charge is 2.08. The fourth-order valence-corrected chi connectivity index (χ4v) is 1.79. The van der Waals surface area contributed by atoms with Crippen LogP contribution in [0.4, 0.5) is 5.88 Å². The minimum absolute atomic E-state index is 0.253. The second-order valence-corrected chi connectivity index (χ2v) is 4.64. The van der Waals surface area contributed by atoms with Crippen molar-refractivity contribution in [3.8, 4) is 0 Å². The van der Waals surface area contributed by atoms with Crippen LogP contribution in [0.1, 0.15) is 16.1 Å². The summed E-state index contributed by atoms with van der Waals surface area (Å²) in [4.78, 5) is 11.9. The van der Waals surface area contributed by atoms with Crippen LogP contribution in [0.5, 0.6) is 0 Å². The molecule has 0 unspecified atom stereocenters. The van der Waals surface area contributed by atoms with Crippen LogP contribution in [0.3, 0.4) is 0 Å². The first-order chi connectivity index (χ1) is 9.06. The lowest BCUT2D eigenvalue weighted by atomic mass is 10.1. The van der Waals surface area contributed by atoms with E-state index in [1.165, 1.54) is 18.3 Å². The van der Waals surface area contributed by atoms with Crippen molar-refractivity contribution in [1.82, 2.24) is 5.16 Å². The van der Waals surface area contributed by atoms with E-state index in [0.29, 0.717) is 21.5 Å². The van der Waals surface area contributed by atoms with Crippen molar-refractivity contribution >= 4 is 34.9 Å². The highest BCUT2D eigenvalue weighted by atomic mass is 35.5. The number of aryl methyl sites for hydroxylation is 1. The lowest BCUT2D eigenvalue weighted by Crippen LogP contribution is -1.97. The predicted molar refractivity (Wildman–Crippen MR) is 74.8 cm³/mol. The van der Waals surface area contributed by atoms with Crippen LogP contribution in [0, 0.1) is 6.92 Å². The van der Waals surface area contributed by atoms with Crippen molar-refractivity contribution < 1.29 is 9.32 Å². The highest BCUT2D eigenvalue weighted by Crippen LogP contribution is 2.21. The molecule has 4 nitrogen and oxygen atoms in total. The van der Waals surface area contributed by atoms with Gasteiger partial charge in [-0.1, -0.05) is 28.4 Å². The Hall–Kier alpha value is -1.78. The molecule has 0 saturated heterocycles. The van der Waals surface area contributed by atoms with Gasteiger partial charge >= 0.3 is 0 Å². The molecule has 0 aliphatic rings. The standard InChI is InChI=1S/C13H10Cl2N2O2/c1-8-6-13(19-17-8)16-5-4-12(18)10-7-9(14)2-3-11(10)15/h2-7,16H,1H3. The third kappa shape index (κ3) is 3.59. The Labute approximate surface area is 120 Å². The van der Waals surface area contributed by atoms with E-state index in [1.54, 1.807) is 25.1 Å². The van der Waals surface area contributed by atoms with Gasteiger partial charge in [0.05, 0.1) is 10.7 Å². The van der Waals surface area contributed by atoms with Crippen molar-refractivity contribution in [1.29, 1.82) is 0 Å². The third-order valence-electron chi connectivity index (χ3n) is 2.28. The number of allylic oxidation sites excluding steroid dienone is 1. The second-order valence-electron chi connectivity index (χ2n) is 3.80. The Morgan fingerprint density at radius 1 is 1.37 bits per heavy atom. The van der Waals surface area contributed by atoms with Crippen LogP contribution in [-0.2, 0) is 0 Å². The average molecular weight is 297 g/mol. The molecule has 2 rings (SSSR count). The molecule has 0 spiro atoms. The zero-order chi connectivity index (χ0) is 13.8. The summed E-state index contributed by atoms with van der Waals surface area (Å²) < 4.78 is 4.92. The zero-order valence-corrected chi connectivity index (χ0v) is 11.5. The summed E-state index contributed by atoms with van der Waals surface area (Å²) in [5, 5.41) is 7.31. The van der Waals surface area contributed by atoms with E-state index in [-0.39, 0.29) is 5.78 Å². The fourth-order valence-electron chi connectivity index (χ4n) is 1.41. The number of halogens is 2. The minimum Gasteiger partial charge on any atom is -0.338 e. The number of rotatable bonds is 4. The largest absolute Gasteiger partial charge is 0.338 e. The third-order valence-corrected chi connectivity index (χ3v) is 2.85. The van der Waals surface area contributed by atoms with Gasteiger partial charge in [-0.05, 0) is 25.1 Å². The molecule has 1 heterocycles. The van der Waals surface area contributed by atoms with Gasteiger partial charge in [-0.3, -0.25) is 4.79 Å². The molecule has 0 amide bonds. The van der Waals surface area contributed by atoms with Crippen molar-refractivity contribution in [3.63, 3.8) is 0 Å². The normalized spacial score (nSPS) is 10.9. The summed E-state index contributed by atoms with van der Waals surface area (Å²) in [5.74, 6) is 0.204. The fraction of sp³-hybridized carbons (Fsp3) is 0.0769. The van der Waals surface area contributed by atoms with Crippen LogP contribution < -0.4 is 5.32 Å². The number of nitrogens with zero attached hydrogens (tertiary/aromatic N) is 1. The molecule has 0 aliphatic heterocycles. The van der Waals surface area contributed by atoms with Crippen LogP contribution >= 0.6 is 23.2 Å². The van der Waals surface area contributed by atoms with Crippen molar-refractivity contribution in [2.75, 3.05) is 5.32 Å². The molecule has 19 heavy (non-hydrogen) atoms. The van der Waals surface area contributed by atoms with Gasteiger partial charge in [0.15, 0.2) is 5.78 Å². The zero-order valence-electron chi connectivity index (χ0n) is 9.98. The Bertz CT molecular complexity index is 635. The van der Waals surface area contributed by atoms with Crippen LogP contribution in [0.2, 0.25) is 10.0 Å². The minimum atomic E-state index is -0.253. The van der Waals surface area contributed by atoms with E-state index in [1.807, 2.05) is 0 Å². The first-order valence-corrected chi connectivity index (χ1v) is 6.17. The summed E-state index contributed by atoms with van der Waals surface area (Å²) >= 11 is 11.7. The molecular weight excluding hydrogens is 287 g/mol. The number of carbonyl (C=O) groups excluding carboxylic acids is 1. The second kappa shape index (κ2) is 5.91. The Balaban J connectivity index is 2.06. The smallest absolute Gasteiger partial charge is 0.228 e. The van der Waals surface area contributed by atoms with E-state index in [9.17, 15) is 4.79 Å². The van der Waals surface area contributed by atoms with Gasteiger partial charge in [0, 0.05) is 28.9 Å². The van der Waals surface area contributed by atoms with Crippen molar-refractivity contribution in [3.05, 3.63) is 57.8 Å². The van der Waals surface area contributed by atoms with Gasteiger partial charge in [0.2, 0.25) is 5.88 Å². The van der Waals surface area contributed by atoms with E-state index in [2.05, 4.69) is 10.5 Å². The lowest BCUT2D eigenvalue weighted by Gasteiger charge is -2.00. The molecule has 1 aromatic heterocycles. The average Bonchev–Trinajstić information content (AvgIpc) is 2.78. The maximum atomic E-state index is 11.9. The van der Waals surface area contributed by atoms with Crippen LogP contribution in [0.25, 0.3) is 0 Å². The Kier molecular flexibility index (Phi) is 4.24. The number of ketones is 1. The van der Waals surface area contributed by atoms with Gasteiger partial charge in [-0.2, -0.15) is 0 Å².